The van der Waals surface area contributed by atoms with Crippen molar-refractivity contribution in [2.75, 3.05) is 0 Å². The zero-order valence-electron chi connectivity index (χ0n) is 5.87. The number of halogens is 1. The predicted octanol–water partition coefficient (Wildman–Crippen LogP) is 2.07. The predicted molar refractivity (Wildman–Crippen MR) is 44.7 cm³/mol. The second-order valence-electron chi connectivity index (χ2n) is 2.32. The highest BCUT2D eigenvalue weighted by Crippen LogP contribution is 2.07. The van der Waals surface area contributed by atoms with Gasteiger partial charge < -0.3 is 0 Å². The Morgan fingerprint density at radius 3 is 3.09 bits per heavy atom. The summed E-state index contributed by atoms with van der Waals surface area (Å²) in [6.45, 7) is 0. The molecule has 0 aliphatic rings. The van der Waals surface area contributed by atoms with Crippen molar-refractivity contribution in [3.8, 4) is 0 Å². The fraction of sp³-hybridized carbons (Fsp3) is 0.125. The summed E-state index contributed by atoms with van der Waals surface area (Å²) >= 11 is 5.70. The molecule has 0 unspecified atom stereocenters. The highest BCUT2D eigenvalue weighted by molar-refractivity contribution is 6.16. The van der Waals surface area contributed by atoms with Crippen LogP contribution in [0.1, 0.15) is 5.69 Å². The van der Waals surface area contributed by atoms with Crippen molar-refractivity contribution in [2.45, 2.75) is 5.88 Å². The molecule has 2 nitrogen and oxygen atoms in total. The fourth-order valence-corrected chi connectivity index (χ4v) is 1.31. The minimum absolute atomic E-state index is 0.499. The largest absolute Gasteiger partial charge is 0.237 e. The van der Waals surface area contributed by atoms with E-state index in [0.29, 0.717) is 5.88 Å². The fourth-order valence-electron chi connectivity index (χ4n) is 1.11. The lowest BCUT2D eigenvalue weighted by Gasteiger charge is -1.98. The van der Waals surface area contributed by atoms with E-state index in [-0.39, 0.29) is 0 Å². The lowest BCUT2D eigenvalue weighted by molar-refractivity contribution is 0.905. The first-order valence-electron chi connectivity index (χ1n) is 3.39. The van der Waals surface area contributed by atoms with E-state index in [4.69, 9.17) is 11.6 Å². The van der Waals surface area contributed by atoms with Crippen LogP contribution in [-0.4, -0.2) is 9.61 Å². The van der Waals surface area contributed by atoms with Crippen molar-refractivity contribution in [3.63, 3.8) is 0 Å². The summed E-state index contributed by atoms with van der Waals surface area (Å²) in [7, 11) is 0. The van der Waals surface area contributed by atoms with Gasteiger partial charge in [0, 0.05) is 6.20 Å². The van der Waals surface area contributed by atoms with Crippen LogP contribution in [0.3, 0.4) is 0 Å². The first-order valence-corrected chi connectivity index (χ1v) is 3.93. The van der Waals surface area contributed by atoms with E-state index in [2.05, 4.69) is 5.10 Å². The molecule has 3 heteroatoms. The molecule has 2 aromatic rings. The van der Waals surface area contributed by atoms with Gasteiger partial charge in [0.1, 0.15) is 0 Å². The second kappa shape index (κ2) is 2.55. The molecule has 0 amide bonds. The molecule has 0 N–H and O–H groups in total. The van der Waals surface area contributed by atoms with Gasteiger partial charge in [-0.15, -0.1) is 11.6 Å². The molecule has 2 rings (SSSR count). The Balaban J connectivity index is 2.79. The number of hydrogen-bond donors (Lipinski definition) is 0. The number of rotatable bonds is 1. The average molecular weight is 167 g/mol. The van der Waals surface area contributed by atoms with Crippen molar-refractivity contribution in [1.29, 1.82) is 0 Å². The number of pyridine rings is 1. The molecule has 0 aliphatic heterocycles. The van der Waals surface area contributed by atoms with Crippen molar-refractivity contribution < 1.29 is 0 Å². The van der Waals surface area contributed by atoms with Gasteiger partial charge in [-0.25, -0.2) is 4.52 Å². The van der Waals surface area contributed by atoms with E-state index in [9.17, 15) is 0 Å². The maximum absolute atomic E-state index is 5.70. The molecule has 56 valence electrons. The van der Waals surface area contributed by atoms with Crippen LogP contribution in [0.25, 0.3) is 5.52 Å². The van der Waals surface area contributed by atoms with Gasteiger partial charge in [0.25, 0.3) is 0 Å². The van der Waals surface area contributed by atoms with Crippen LogP contribution in [0.4, 0.5) is 0 Å². The highest BCUT2D eigenvalue weighted by Gasteiger charge is 1.96. The molecule has 0 fully saturated rings. The number of nitrogens with zero attached hydrogens (tertiary/aromatic N) is 2. The number of hydrogen-bond acceptors (Lipinski definition) is 1. The summed E-state index contributed by atoms with van der Waals surface area (Å²) < 4.78 is 1.84. The van der Waals surface area contributed by atoms with Gasteiger partial charge in [-0.1, -0.05) is 6.07 Å². The van der Waals surface area contributed by atoms with E-state index in [1.54, 1.807) is 6.20 Å². The van der Waals surface area contributed by atoms with E-state index in [0.717, 1.165) is 11.2 Å². The van der Waals surface area contributed by atoms with Crippen LogP contribution in [0, 0.1) is 0 Å². The highest BCUT2D eigenvalue weighted by atomic mass is 35.5. The van der Waals surface area contributed by atoms with E-state index in [1.165, 1.54) is 0 Å². The molecule has 2 heterocycles. The minimum atomic E-state index is 0.499. The lowest BCUT2D eigenvalue weighted by Crippen LogP contribution is -1.93. The zero-order chi connectivity index (χ0) is 7.68. The molecule has 0 saturated heterocycles. The number of aromatic nitrogens is 2. The Morgan fingerprint density at radius 1 is 1.36 bits per heavy atom. The Hall–Kier alpha value is -1.02. The van der Waals surface area contributed by atoms with Gasteiger partial charge >= 0.3 is 0 Å². The van der Waals surface area contributed by atoms with Crippen molar-refractivity contribution in [3.05, 3.63) is 36.2 Å². The van der Waals surface area contributed by atoms with Crippen LogP contribution in [0.5, 0.6) is 0 Å². The maximum Gasteiger partial charge on any atom is 0.0665 e. The number of alkyl halides is 1. The first-order chi connectivity index (χ1) is 5.42. The molecule has 0 bridgehead atoms. The minimum Gasteiger partial charge on any atom is -0.237 e. The molecule has 0 aliphatic carbocycles. The summed E-state index contributed by atoms with van der Waals surface area (Å²) in [4.78, 5) is 0. The third kappa shape index (κ3) is 0.994. The summed E-state index contributed by atoms with van der Waals surface area (Å²) in [5, 5.41) is 4.12. The monoisotopic (exact) mass is 166 g/mol. The molecule has 0 saturated carbocycles. The molecule has 11 heavy (non-hydrogen) atoms. The Morgan fingerprint density at radius 2 is 2.27 bits per heavy atom. The molecular weight excluding hydrogens is 160 g/mol. The summed E-state index contributed by atoms with van der Waals surface area (Å²) in [6, 6.07) is 7.90. The van der Waals surface area contributed by atoms with Crippen LogP contribution >= 0.6 is 11.6 Å². The standard InChI is InChI=1S/C8H7ClN2/c9-6-8-3-1-2-7-4-5-10-11(7)8/h1-5H,6H2. The van der Waals surface area contributed by atoms with Gasteiger partial charge in [0.15, 0.2) is 0 Å². The topological polar surface area (TPSA) is 17.3 Å². The number of fused-ring (bicyclic) bond motifs is 1. The van der Waals surface area contributed by atoms with Crippen molar-refractivity contribution >= 4 is 17.1 Å². The van der Waals surface area contributed by atoms with Crippen LogP contribution in [0.15, 0.2) is 30.5 Å². The maximum atomic E-state index is 5.70. The normalized spacial score (nSPS) is 10.6. The SMILES string of the molecule is ClCc1cccc2ccnn12. The third-order valence-corrected chi connectivity index (χ3v) is 1.91. The van der Waals surface area contributed by atoms with E-state index >= 15 is 0 Å². The molecule has 0 spiro atoms. The Labute approximate surface area is 69.4 Å². The zero-order valence-corrected chi connectivity index (χ0v) is 6.62. The third-order valence-electron chi connectivity index (χ3n) is 1.64. The van der Waals surface area contributed by atoms with Crippen LogP contribution < -0.4 is 0 Å². The molecule has 0 radical (unpaired) electrons. The molecular formula is C8H7ClN2. The first kappa shape index (κ1) is 6.68. The quantitative estimate of drug-likeness (QED) is 0.593. The second-order valence-corrected chi connectivity index (χ2v) is 2.59. The Bertz CT molecular complexity index is 367. The lowest BCUT2D eigenvalue weighted by atomic mass is 10.3. The average Bonchev–Trinajstić information content (AvgIpc) is 2.50. The summed E-state index contributed by atoms with van der Waals surface area (Å²) in [6.07, 6.45) is 1.77. The van der Waals surface area contributed by atoms with Gasteiger partial charge in [0.2, 0.25) is 0 Å². The van der Waals surface area contributed by atoms with E-state index in [1.807, 2.05) is 28.8 Å². The Kier molecular flexibility index (Phi) is 1.55. The van der Waals surface area contributed by atoms with Gasteiger partial charge in [-0.2, -0.15) is 5.10 Å². The van der Waals surface area contributed by atoms with Crippen molar-refractivity contribution in [1.82, 2.24) is 9.61 Å². The van der Waals surface area contributed by atoms with Gasteiger partial charge in [-0.05, 0) is 18.2 Å². The molecule has 2 aromatic heterocycles. The molecule has 0 aromatic carbocycles. The van der Waals surface area contributed by atoms with E-state index < -0.39 is 0 Å². The molecule has 0 atom stereocenters. The van der Waals surface area contributed by atoms with Gasteiger partial charge in [-0.3, -0.25) is 0 Å². The van der Waals surface area contributed by atoms with Crippen LogP contribution in [-0.2, 0) is 5.88 Å². The van der Waals surface area contributed by atoms with Crippen molar-refractivity contribution in [2.24, 2.45) is 0 Å². The summed E-state index contributed by atoms with van der Waals surface area (Å²) in [5.74, 6) is 0.499. The smallest absolute Gasteiger partial charge is 0.0665 e. The summed E-state index contributed by atoms with van der Waals surface area (Å²) in [5.41, 5.74) is 2.11. The van der Waals surface area contributed by atoms with Crippen LogP contribution in [0.2, 0.25) is 0 Å². The van der Waals surface area contributed by atoms with Gasteiger partial charge in [0.05, 0.1) is 17.1 Å².